The maximum absolute atomic E-state index is 12.4. The van der Waals surface area contributed by atoms with Crippen LogP contribution in [0.3, 0.4) is 0 Å². The Kier molecular flexibility index (Phi) is 5.22. The number of rotatable bonds is 4. The van der Waals surface area contributed by atoms with E-state index < -0.39 is 0 Å². The Morgan fingerprint density at radius 3 is 2.82 bits per heavy atom. The predicted molar refractivity (Wildman–Crippen MR) is 94.2 cm³/mol. The van der Waals surface area contributed by atoms with E-state index in [2.05, 4.69) is 21.9 Å². The normalized spacial score (nSPS) is 16.4. The fraction of sp³-hybridized carbons (Fsp3) is 0.250. The van der Waals surface area contributed by atoms with Gasteiger partial charge in [-0.2, -0.15) is 0 Å². The maximum atomic E-state index is 12.4. The molecule has 0 radical (unpaired) electrons. The van der Waals surface area contributed by atoms with Crippen LogP contribution in [-0.4, -0.2) is 41.0 Å². The molecule has 1 amide bonds. The van der Waals surface area contributed by atoms with Crippen molar-refractivity contribution in [2.75, 3.05) is 20.2 Å². The molecule has 4 nitrogen and oxygen atoms in total. The van der Waals surface area contributed by atoms with Crippen LogP contribution >= 0.6 is 28.1 Å². The maximum Gasteiger partial charge on any atom is 0.276 e. The highest BCUT2D eigenvalue weighted by molar-refractivity contribution is 9.10. The van der Waals surface area contributed by atoms with E-state index >= 15 is 0 Å². The van der Waals surface area contributed by atoms with Gasteiger partial charge in [-0.25, -0.2) is 0 Å². The van der Waals surface area contributed by atoms with E-state index in [4.69, 9.17) is 23.4 Å². The molecule has 0 N–H and O–H groups in total. The first-order valence-electron chi connectivity index (χ1n) is 6.66. The van der Waals surface area contributed by atoms with E-state index in [9.17, 15) is 4.79 Å². The van der Waals surface area contributed by atoms with E-state index in [0.29, 0.717) is 23.1 Å². The van der Waals surface area contributed by atoms with Crippen molar-refractivity contribution in [3.05, 3.63) is 33.9 Å². The Balaban J connectivity index is 2.44. The number of ether oxygens (including phenoxy) is 1. The van der Waals surface area contributed by atoms with Crippen LogP contribution in [0.4, 0.5) is 0 Å². The zero-order valence-corrected chi connectivity index (χ0v) is 14.7. The second-order valence-electron chi connectivity index (χ2n) is 4.60. The summed E-state index contributed by atoms with van der Waals surface area (Å²) in [5, 5.41) is 0.500. The number of thiocarbonyl (C=S) groups is 1. The lowest BCUT2D eigenvalue weighted by atomic mass is 10.1. The van der Waals surface area contributed by atoms with Gasteiger partial charge in [-0.1, -0.05) is 21.9 Å². The van der Waals surface area contributed by atoms with Crippen LogP contribution < -0.4 is 4.74 Å². The third-order valence-corrected chi connectivity index (χ3v) is 4.22. The Morgan fingerprint density at radius 1 is 1.50 bits per heavy atom. The highest BCUT2D eigenvalue weighted by Crippen LogP contribution is 2.28. The molecule has 1 fully saturated rings. The molecule has 6 heteroatoms. The summed E-state index contributed by atoms with van der Waals surface area (Å²) in [4.78, 5) is 15.7. The van der Waals surface area contributed by atoms with E-state index in [1.807, 2.05) is 25.1 Å². The minimum atomic E-state index is -0.113. The predicted octanol–water partition coefficient (Wildman–Crippen LogP) is 2.88. The molecule has 0 saturated carbocycles. The average Bonchev–Trinajstić information content (AvgIpc) is 2.70. The van der Waals surface area contributed by atoms with E-state index in [1.54, 1.807) is 22.9 Å². The van der Waals surface area contributed by atoms with Gasteiger partial charge in [0.25, 0.3) is 5.91 Å². The number of nitrogens with zero attached hydrogens (tertiary/aromatic N) is 2. The minimum Gasteiger partial charge on any atom is -0.480 e. The van der Waals surface area contributed by atoms with Crippen LogP contribution in [-0.2, 0) is 4.79 Å². The highest BCUT2D eigenvalue weighted by Gasteiger charge is 2.34. The van der Waals surface area contributed by atoms with E-state index in [-0.39, 0.29) is 12.5 Å². The van der Waals surface area contributed by atoms with E-state index in [0.717, 1.165) is 10.0 Å². The second kappa shape index (κ2) is 6.95. The first-order valence-corrected chi connectivity index (χ1v) is 7.86. The molecule has 0 aliphatic carbocycles. The number of likely N-dealkylation sites (N-methyl/N-ethyl adjacent to an activating group) is 2. The van der Waals surface area contributed by atoms with Crippen LogP contribution in [0.25, 0.3) is 6.08 Å². The number of hydrogen-bond donors (Lipinski definition) is 0. The van der Waals surface area contributed by atoms with Crippen molar-refractivity contribution in [3.63, 3.8) is 0 Å². The molecule has 1 aromatic rings. The van der Waals surface area contributed by atoms with Gasteiger partial charge in [0.05, 0.1) is 0 Å². The van der Waals surface area contributed by atoms with Gasteiger partial charge in [0.15, 0.2) is 5.11 Å². The number of halogens is 1. The highest BCUT2D eigenvalue weighted by atomic mass is 79.9. The average molecular weight is 379 g/mol. The van der Waals surface area contributed by atoms with Crippen LogP contribution in [0.15, 0.2) is 28.4 Å². The summed E-state index contributed by atoms with van der Waals surface area (Å²) >= 11 is 8.71. The summed E-state index contributed by atoms with van der Waals surface area (Å²) in [6.07, 6.45) is 7.00. The Hall–Kier alpha value is -1.84. The topological polar surface area (TPSA) is 32.8 Å². The molecule has 2 rings (SSSR count). The molecular weight excluding hydrogens is 364 g/mol. The van der Waals surface area contributed by atoms with Crippen LogP contribution in [0, 0.1) is 12.3 Å². The molecule has 1 heterocycles. The monoisotopic (exact) mass is 378 g/mol. The third-order valence-electron chi connectivity index (χ3n) is 3.23. The minimum absolute atomic E-state index is 0.113. The molecule has 22 heavy (non-hydrogen) atoms. The van der Waals surface area contributed by atoms with Crippen LogP contribution in [0.5, 0.6) is 5.75 Å². The first-order chi connectivity index (χ1) is 10.5. The number of carbonyl (C=O) groups excluding carboxylic acids is 1. The summed E-state index contributed by atoms with van der Waals surface area (Å²) in [6, 6.07) is 5.54. The zero-order valence-electron chi connectivity index (χ0n) is 12.3. The van der Waals surface area contributed by atoms with Gasteiger partial charge in [-0.3, -0.25) is 9.69 Å². The molecular formula is C16H15BrN2O2S. The fourth-order valence-electron chi connectivity index (χ4n) is 2.12. The molecule has 0 spiro atoms. The zero-order chi connectivity index (χ0) is 16.3. The largest absolute Gasteiger partial charge is 0.480 e. The Morgan fingerprint density at radius 2 is 2.23 bits per heavy atom. The fourth-order valence-corrected chi connectivity index (χ4v) is 2.81. The third kappa shape index (κ3) is 3.16. The Bertz CT molecular complexity index is 694. The standard InChI is InChI=1S/C16H15BrN2O2S/c1-4-8-21-14-7-6-12(17)9-11(14)10-13-15(20)19(5-2)16(22)18(13)3/h1,6-7,9-10H,5,8H2,2-3H3/b13-10-. The Labute approximate surface area is 143 Å². The molecule has 1 aliphatic heterocycles. The molecule has 0 atom stereocenters. The van der Waals surface area contributed by atoms with Crippen LogP contribution in [0.2, 0.25) is 0 Å². The van der Waals surface area contributed by atoms with Gasteiger partial charge in [0, 0.05) is 23.6 Å². The number of terminal acetylenes is 1. The van der Waals surface area contributed by atoms with E-state index in [1.165, 1.54) is 0 Å². The summed E-state index contributed by atoms with van der Waals surface area (Å²) in [5.74, 6) is 2.94. The summed E-state index contributed by atoms with van der Waals surface area (Å²) in [6.45, 7) is 2.60. The molecule has 0 unspecified atom stereocenters. The SMILES string of the molecule is C#CCOc1ccc(Br)cc1/C=C1/C(=O)N(CC)C(=S)N1C. The molecule has 114 valence electrons. The van der Waals surface area contributed by atoms with Gasteiger partial charge in [0.2, 0.25) is 0 Å². The number of amides is 1. The van der Waals surface area contributed by atoms with Crippen molar-refractivity contribution >= 4 is 45.2 Å². The quantitative estimate of drug-likeness (QED) is 0.458. The van der Waals surface area contributed by atoms with Gasteiger partial charge in [-0.05, 0) is 43.4 Å². The van der Waals surface area contributed by atoms with Crippen molar-refractivity contribution in [2.45, 2.75) is 6.92 Å². The number of hydrogen-bond acceptors (Lipinski definition) is 3. The van der Waals surface area contributed by atoms with Crippen molar-refractivity contribution in [1.82, 2.24) is 9.80 Å². The van der Waals surface area contributed by atoms with Gasteiger partial charge in [-0.15, -0.1) is 6.42 Å². The van der Waals surface area contributed by atoms with Crippen molar-refractivity contribution in [3.8, 4) is 18.1 Å². The van der Waals surface area contributed by atoms with Gasteiger partial charge < -0.3 is 9.64 Å². The van der Waals surface area contributed by atoms with Crippen molar-refractivity contribution < 1.29 is 9.53 Å². The van der Waals surface area contributed by atoms with Gasteiger partial charge in [0.1, 0.15) is 18.1 Å². The lowest BCUT2D eigenvalue weighted by molar-refractivity contribution is -0.122. The summed E-state index contributed by atoms with van der Waals surface area (Å²) in [5.41, 5.74) is 1.27. The van der Waals surface area contributed by atoms with Crippen molar-refractivity contribution in [1.29, 1.82) is 0 Å². The lowest BCUT2D eigenvalue weighted by Gasteiger charge is -2.13. The smallest absolute Gasteiger partial charge is 0.276 e. The molecule has 0 bridgehead atoms. The second-order valence-corrected chi connectivity index (χ2v) is 5.88. The number of carbonyl (C=O) groups is 1. The molecule has 1 aliphatic rings. The molecule has 0 aromatic heterocycles. The number of benzene rings is 1. The molecule has 1 saturated heterocycles. The molecule has 1 aromatic carbocycles. The summed E-state index contributed by atoms with van der Waals surface area (Å²) < 4.78 is 6.41. The first kappa shape index (κ1) is 16.5. The van der Waals surface area contributed by atoms with Crippen LogP contribution in [0.1, 0.15) is 12.5 Å². The van der Waals surface area contributed by atoms with Crippen molar-refractivity contribution in [2.24, 2.45) is 0 Å². The van der Waals surface area contributed by atoms with Gasteiger partial charge >= 0.3 is 0 Å². The lowest BCUT2D eigenvalue weighted by Crippen LogP contribution is -2.30. The summed E-state index contributed by atoms with van der Waals surface area (Å²) in [7, 11) is 1.78.